The molecular formula is C11H19N5O3S. The molecule has 1 rings (SSSR count). The summed E-state index contributed by atoms with van der Waals surface area (Å²) in [6, 6.07) is 2.17. The van der Waals surface area contributed by atoms with Crippen LogP contribution < -0.4 is 21.1 Å². The summed E-state index contributed by atoms with van der Waals surface area (Å²) in [4.78, 5) is 14.6. The molecule has 5 N–H and O–H groups in total. The van der Waals surface area contributed by atoms with Gasteiger partial charge >= 0.3 is 6.03 Å². The number of pyridine rings is 1. The molecule has 8 nitrogen and oxygen atoms in total. The Hall–Kier alpha value is -1.87. The minimum absolute atomic E-state index is 0.0608. The SMILES string of the molecule is CCCNc1cc(S(=O)(=O)NCCNC(N)=O)ccn1. The second kappa shape index (κ2) is 7.65. The van der Waals surface area contributed by atoms with Crippen LogP contribution in [0, 0.1) is 0 Å². The highest BCUT2D eigenvalue weighted by Crippen LogP contribution is 2.12. The number of sulfonamides is 1. The number of carbonyl (C=O) groups excluding carboxylic acids is 1. The fraction of sp³-hybridized carbons (Fsp3) is 0.455. The van der Waals surface area contributed by atoms with Crippen LogP contribution in [0.1, 0.15) is 13.3 Å². The Bertz CT molecular complexity index is 547. The van der Waals surface area contributed by atoms with Crippen LogP contribution in [0.5, 0.6) is 0 Å². The zero-order valence-corrected chi connectivity index (χ0v) is 12.0. The Morgan fingerprint density at radius 3 is 2.75 bits per heavy atom. The topological polar surface area (TPSA) is 126 Å². The molecule has 0 saturated carbocycles. The van der Waals surface area contributed by atoms with Gasteiger partial charge in [-0.2, -0.15) is 0 Å². The maximum atomic E-state index is 12.0. The first-order valence-corrected chi connectivity index (χ1v) is 7.67. The molecule has 0 radical (unpaired) electrons. The lowest BCUT2D eigenvalue weighted by Crippen LogP contribution is -2.37. The van der Waals surface area contributed by atoms with Gasteiger partial charge in [0.1, 0.15) is 5.82 Å². The van der Waals surface area contributed by atoms with Gasteiger partial charge in [0.05, 0.1) is 4.90 Å². The van der Waals surface area contributed by atoms with Crippen molar-refractivity contribution in [1.29, 1.82) is 0 Å². The molecule has 0 aliphatic heterocycles. The predicted molar refractivity (Wildman–Crippen MR) is 75.8 cm³/mol. The van der Waals surface area contributed by atoms with E-state index in [0.29, 0.717) is 12.4 Å². The molecule has 0 spiro atoms. The first-order valence-electron chi connectivity index (χ1n) is 6.18. The van der Waals surface area contributed by atoms with E-state index in [1.807, 2.05) is 6.92 Å². The van der Waals surface area contributed by atoms with Crippen LogP contribution in [0.3, 0.4) is 0 Å². The van der Waals surface area contributed by atoms with Crippen molar-refractivity contribution in [2.24, 2.45) is 5.73 Å². The van der Waals surface area contributed by atoms with Crippen molar-refractivity contribution in [2.45, 2.75) is 18.2 Å². The number of hydrogen-bond acceptors (Lipinski definition) is 5. The highest BCUT2D eigenvalue weighted by atomic mass is 32.2. The number of nitrogens with zero attached hydrogens (tertiary/aromatic N) is 1. The number of nitrogens with two attached hydrogens (primary N) is 1. The fourth-order valence-corrected chi connectivity index (χ4v) is 2.43. The van der Waals surface area contributed by atoms with Crippen molar-refractivity contribution in [1.82, 2.24) is 15.0 Å². The van der Waals surface area contributed by atoms with Gasteiger partial charge in [-0.15, -0.1) is 0 Å². The summed E-state index contributed by atoms with van der Waals surface area (Å²) in [5, 5.41) is 5.31. The van der Waals surface area contributed by atoms with Gasteiger partial charge in [-0.3, -0.25) is 0 Å². The first-order chi connectivity index (χ1) is 9.45. The van der Waals surface area contributed by atoms with Gasteiger partial charge in [-0.05, 0) is 12.5 Å². The van der Waals surface area contributed by atoms with Gasteiger partial charge in [0.15, 0.2) is 0 Å². The Morgan fingerprint density at radius 1 is 1.35 bits per heavy atom. The maximum Gasteiger partial charge on any atom is 0.312 e. The molecule has 0 aromatic carbocycles. The summed E-state index contributed by atoms with van der Waals surface area (Å²) >= 11 is 0. The number of amides is 2. The van der Waals surface area contributed by atoms with Gasteiger partial charge in [0.25, 0.3) is 0 Å². The van der Waals surface area contributed by atoms with E-state index in [1.54, 1.807) is 0 Å². The van der Waals surface area contributed by atoms with E-state index in [0.717, 1.165) is 6.42 Å². The third-order valence-electron chi connectivity index (χ3n) is 2.31. The predicted octanol–water partition coefficient (Wildman–Crippen LogP) is -0.150. The molecule has 2 amide bonds. The highest BCUT2D eigenvalue weighted by Gasteiger charge is 2.14. The van der Waals surface area contributed by atoms with Crippen LogP contribution in [0.4, 0.5) is 10.6 Å². The number of hydrogen-bond donors (Lipinski definition) is 4. The van der Waals surface area contributed by atoms with Crippen molar-refractivity contribution < 1.29 is 13.2 Å². The van der Waals surface area contributed by atoms with Crippen LogP contribution in [0.2, 0.25) is 0 Å². The first kappa shape index (κ1) is 16.2. The number of primary amides is 1. The quantitative estimate of drug-likeness (QED) is 0.497. The Labute approximate surface area is 118 Å². The monoisotopic (exact) mass is 301 g/mol. The van der Waals surface area contributed by atoms with Crippen molar-refractivity contribution in [3.8, 4) is 0 Å². The van der Waals surface area contributed by atoms with Crippen molar-refractivity contribution >= 4 is 21.9 Å². The average Bonchev–Trinajstić information content (AvgIpc) is 2.41. The molecule has 0 aliphatic rings. The van der Waals surface area contributed by atoms with Crippen LogP contribution >= 0.6 is 0 Å². The summed E-state index contributed by atoms with van der Waals surface area (Å²) in [7, 11) is -3.63. The van der Waals surface area contributed by atoms with Gasteiger partial charge in [-0.1, -0.05) is 6.92 Å². The molecule has 0 saturated heterocycles. The Morgan fingerprint density at radius 2 is 2.10 bits per heavy atom. The van der Waals surface area contributed by atoms with Crippen molar-refractivity contribution in [2.75, 3.05) is 25.0 Å². The summed E-state index contributed by atoms with van der Waals surface area (Å²) in [5.41, 5.74) is 4.88. The van der Waals surface area contributed by atoms with E-state index < -0.39 is 16.1 Å². The molecule has 1 aromatic heterocycles. The zero-order chi connectivity index (χ0) is 15.0. The summed E-state index contributed by atoms with van der Waals surface area (Å²) in [6.45, 7) is 2.90. The van der Waals surface area contributed by atoms with Gasteiger partial charge in [-0.25, -0.2) is 22.9 Å². The summed E-state index contributed by atoms with van der Waals surface area (Å²) in [6.07, 6.45) is 2.34. The van der Waals surface area contributed by atoms with Gasteiger partial charge in [0, 0.05) is 31.9 Å². The van der Waals surface area contributed by atoms with E-state index in [-0.39, 0.29) is 18.0 Å². The van der Waals surface area contributed by atoms with E-state index in [2.05, 4.69) is 20.3 Å². The largest absolute Gasteiger partial charge is 0.370 e. The molecule has 1 heterocycles. The smallest absolute Gasteiger partial charge is 0.312 e. The maximum absolute atomic E-state index is 12.0. The normalized spacial score (nSPS) is 11.1. The lowest BCUT2D eigenvalue weighted by atomic mass is 10.4. The second-order valence-corrected chi connectivity index (χ2v) is 5.76. The number of rotatable bonds is 8. The standard InChI is InChI=1S/C11H19N5O3S/c1-2-4-13-10-8-9(3-5-14-10)20(18,19)16-7-6-15-11(12)17/h3,5,8,16H,2,4,6-7H2,1H3,(H,13,14)(H3,12,15,17). The molecule has 0 fully saturated rings. The highest BCUT2D eigenvalue weighted by molar-refractivity contribution is 7.89. The Kier molecular flexibility index (Phi) is 6.19. The average molecular weight is 301 g/mol. The van der Waals surface area contributed by atoms with Crippen molar-refractivity contribution in [3.05, 3.63) is 18.3 Å². The number of anilines is 1. The molecule has 9 heteroatoms. The van der Waals surface area contributed by atoms with Crippen LogP contribution in [-0.4, -0.2) is 39.1 Å². The minimum Gasteiger partial charge on any atom is -0.370 e. The van der Waals surface area contributed by atoms with Gasteiger partial charge in [0.2, 0.25) is 10.0 Å². The molecule has 1 aromatic rings. The minimum atomic E-state index is -3.63. The van der Waals surface area contributed by atoms with Crippen molar-refractivity contribution in [3.63, 3.8) is 0 Å². The molecule has 0 aliphatic carbocycles. The van der Waals surface area contributed by atoms with Crippen LogP contribution in [-0.2, 0) is 10.0 Å². The molecular weight excluding hydrogens is 282 g/mol. The zero-order valence-electron chi connectivity index (χ0n) is 11.2. The molecule has 112 valence electrons. The van der Waals surface area contributed by atoms with E-state index in [4.69, 9.17) is 5.73 Å². The Balaban J connectivity index is 2.64. The number of urea groups is 1. The van der Waals surface area contributed by atoms with Crippen LogP contribution in [0.15, 0.2) is 23.2 Å². The van der Waals surface area contributed by atoms with E-state index in [9.17, 15) is 13.2 Å². The molecule has 20 heavy (non-hydrogen) atoms. The number of aromatic nitrogens is 1. The molecule has 0 bridgehead atoms. The molecule has 0 atom stereocenters. The summed E-state index contributed by atoms with van der Waals surface area (Å²) in [5.74, 6) is 0.505. The lowest BCUT2D eigenvalue weighted by Gasteiger charge is -2.09. The number of carbonyl (C=O) groups is 1. The van der Waals surface area contributed by atoms with Crippen LogP contribution in [0.25, 0.3) is 0 Å². The summed E-state index contributed by atoms with van der Waals surface area (Å²) < 4.78 is 26.3. The molecule has 0 unspecified atom stereocenters. The van der Waals surface area contributed by atoms with Gasteiger partial charge < -0.3 is 16.4 Å². The fourth-order valence-electron chi connectivity index (χ4n) is 1.38. The van der Waals surface area contributed by atoms with E-state index in [1.165, 1.54) is 18.3 Å². The van der Waals surface area contributed by atoms with E-state index >= 15 is 0 Å². The lowest BCUT2D eigenvalue weighted by molar-refractivity contribution is 0.249. The third-order valence-corrected chi connectivity index (χ3v) is 3.77. The number of nitrogens with one attached hydrogen (secondary N) is 3. The third kappa shape index (κ3) is 5.41. The second-order valence-electron chi connectivity index (χ2n) is 3.99.